The summed E-state index contributed by atoms with van der Waals surface area (Å²) in [6.07, 6.45) is -5.66. The van der Waals surface area contributed by atoms with Gasteiger partial charge in [-0.05, 0) is 44.9 Å². The lowest BCUT2D eigenvalue weighted by Crippen LogP contribution is -2.66. The van der Waals surface area contributed by atoms with Crippen LogP contribution in [0.25, 0.3) is 0 Å². The van der Waals surface area contributed by atoms with Gasteiger partial charge in [-0.3, -0.25) is 0 Å². The minimum absolute atomic E-state index is 0.0885. The molecule has 0 aromatic heterocycles. The molecule has 5 fully saturated rings. The van der Waals surface area contributed by atoms with Gasteiger partial charge in [0.25, 0.3) is 0 Å². The van der Waals surface area contributed by atoms with Gasteiger partial charge in [-0.25, -0.2) is 0 Å². The van der Waals surface area contributed by atoms with Crippen LogP contribution < -0.4 is 0 Å². The molecule has 5 rings (SSSR count). The Balaban J connectivity index is 1.36. The number of aliphatic hydroxyl groups is 5. The fourth-order valence-corrected chi connectivity index (χ4v) is 6.57. The first-order valence-corrected chi connectivity index (χ1v) is 14.6. The van der Waals surface area contributed by atoms with Crippen LogP contribution in [-0.2, 0) is 33.2 Å². The van der Waals surface area contributed by atoms with Gasteiger partial charge in [0.05, 0.1) is 38.1 Å². The second-order valence-corrected chi connectivity index (χ2v) is 11.8. The van der Waals surface area contributed by atoms with E-state index in [0.29, 0.717) is 26.2 Å². The van der Waals surface area contributed by atoms with E-state index in [-0.39, 0.29) is 5.92 Å². The second kappa shape index (κ2) is 12.8. The first kappa shape index (κ1) is 30.0. The van der Waals surface area contributed by atoms with Gasteiger partial charge in [-0.15, -0.1) is 0 Å². The predicted octanol–water partition coefficient (Wildman–Crippen LogP) is -0.404. The highest BCUT2D eigenvalue weighted by molar-refractivity contribution is 4.98. The van der Waals surface area contributed by atoms with Gasteiger partial charge in [-0.1, -0.05) is 19.8 Å². The standard InChI is InChI=1S/C27H46O12/c1-3-15-7-6-8-16(22(15)38-25-21(32)20(31)18(29)14(2)35-25)36-26-24-23(19(30)17(11-28)37-26)39-27(12-33-13-27)9-4-5-10-34-24/h14-26,28-32H,3-13H2,1-2H3/t14?,15-,16-,17?,18-,19+,20?,21+,22?,23?,24?,25+,26-/m1/s1. The summed E-state index contributed by atoms with van der Waals surface area (Å²) in [6.45, 7) is 4.59. The lowest BCUT2D eigenvalue weighted by Gasteiger charge is -2.50. The minimum atomic E-state index is -1.42. The van der Waals surface area contributed by atoms with Crippen LogP contribution in [0.3, 0.4) is 0 Å². The maximum Gasteiger partial charge on any atom is 0.187 e. The Bertz CT molecular complexity index is 782. The Hall–Kier alpha value is -0.480. The zero-order chi connectivity index (χ0) is 27.7. The third kappa shape index (κ3) is 6.18. The topological polar surface area (TPSA) is 166 Å². The smallest absolute Gasteiger partial charge is 0.187 e. The summed E-state index contributed by atoms with van der Waals surface area (Å²) in [5.41, 5.74) is -0.500. The average Bonchev–Trinajstić information content (AvgIpc) is 3.02. The summed E-state index contributed by atoms with van der Waals surface area (Å²) in [5.74, 6) is 0.0885. The Labute approximate surface area is 229 Å². The summed E-state index contributed by atoms with van der Waals surface area (Å²) < 4.78 is 42.9. The molecular formula is C27H46O12. The molecule has 5 N–H and O–H groups in total. The molecule has 0 bridgehead atoms. The first-order chi connectivity index (χ1) is 18.8. The Morgan fingerprint density at radius 2 is 1.64 bits per heavy atom. The van der Waals surface area contributed by atoms with Crippen LogP contribution in [0.4, 0.5) is 0 Å². The molecule has 4 saturated heterocycles. The van der Waals surface area contributed by atoms with Gasteiger partial charge >= 0.3 is 0 Å². The van der Waals surface area contributed by atoms with Gasteiger partial charge in [0.2, 0.25) is 0 Å². The van der Waals surface area contributed by atoms with E-state index in [1.54, 1.807) is 6.92 Å². The summed E-state index contributed by atoms with van der Waals surface area (Å²) in [7, 11) is 0. The average molecular weight is 563 g/mol. The molecule has 226 valence electrons. The zero-order valence-corrected chi connectivity index (χ0v) is 22.9. The molecule has 12 heteroatoms. The Morgan fingerprint density at radius 3 is 2.33 bits per heavy atom. The third-order valence-corrected chi connectivity index (χ3v) is 9.08. The highest BCUT2D eigenvalue weighted by Gasteiger charge is 2.54. The molecule has 12 nitrogen and oxygen atoms in total. The van der Waals surface area contributed by atoms with Gasteiger partial charge < -0.3 is 58.7 Å². The van der Waals surface area contributed by atoms with Crippen molar-refractivity contribution in [3.8, 4) is 0 Å². The molecule has 6 unspecified atom stereocenters. The van der Waals surface area contributed by atoms with E-state index in [1.165, 1.54) is 0 Å². The van der Waals surface area contributed by atoms with Crippen LogP contribution in [0.2, 0.25) is 0 Å². The molecule has 0 radical (unpaired) electrons. The molecule has 0 aromatic rings. The van der Waals surface area contributed by atoms with E-state index in [2.05, 4.69) is 6.92 Å². The lowest BCUT2D eigenvalue weighted by atomic mass is 9.82. The fraction of sp³-hybridized carbons (Fsp3) is 1.00. The summed E-state index contributed by atoms with van der Waals surface area (Å²) in [5, 5.41) is 52.2. The van der Waals surface area contributed by atoms with Gasteiger partial charge in [-0.2, -0.15) is 0 Å². The normalized spacial score (nSPS) is 48.8. The monoisotopic (exact) mass is 562 g/mol. The highest BCUT2D eigenvalue weighted by atomic mass is 16.7. The number of aliphatic hydroxyl groups excluding tert-OH is 5. The van der Waals surface area contributed by atoms with Crippen LogP contribution in [-0.4, -0.2) is 131 Å². The van der Waals surface area contributed by atoms with E-state index in [0.717, 1.165) is 38.5 Å². The number of hydrogen-bond donors (Lipinski definition) is 5. The van der Waals surface area contributed by atoms with E-state index >= 15 is 0 Å². The maximum atomic E-state index is 11.1. The number of fused-ring (bicyclic) bond motifs is 1. The van der Waals surface area contributed by atoms with Crippen LogP contribution in [0.1, 0.15) is 58.8 Å². The van der Waals surface area contributed by atoms with Crippen molar-refractivity contribution in [3.05, 3.63) is 0 Å². The summed E-state index contributed by atoms with van der Waals surface area (Å²) >= 11 is 0. The molecule has 39 heavy (non-hydrogen) atoms. The quantitative estimate of drug-likeness (QED) is 0.285. The summed E-state index contributed by atoms with van der Waals surface area (Å²) in [4.78, 5) is 0. The zero-order valence-electron chi connectivity index (χ0n) is 22.9. The van der Waals surface area contributed by atoms with Crippen molar-refractivity contribution in [1.29, 1.82) is 0 Å². The van der Waals surface area contributed by atoms with Crippen molar-refractivity contribution in [2.75, 3.05) is 26.4 Å². The van der Waals surface area contributed by atoms with E-state index < -0.39 is 85.8 Å². The number of hydrogen-bond acceptors (Lipinski definition) is 12. The molecule has 0 aromatic carbocycles. The van der Waals surface area contributed by atoms with Crippen molar-refractivity contribution in [2.24, 2.45) is 5.92 Å². The molecule has 4 aliphatic heterocycles. The van der Waals surface area contributed by atoms with Crippen LogP contribution in [0.5, 0.6) is 0 Å². The highest BCUT2D eigenvalue weighted by Crippen LogP contribution is 2.40. The summed E-state index contributed by atoms with van der Waals surface area (Å²) in [6, 6.07) is 0. The number of ether oxygens (including phenoxy) is 7. The SMILES string of the molecule is CC[C@@H]1CCC[C@@H](O[C@@H]2OC(CO)[C@H](O)C3OC4(CCCCOC32)COC4)C1O[C@@H]1OC(C)[C@@H](O)C(O)[C@@H]1O. The molecular weight excluding hydrogens is 516 g/mol. The van der Waals surface area contributed by atoms with Gasteiger partial charge in [0.15, 0.2) is 12.6 Å². The molecule has 4 heterocycles. The lowest BCUT2D eigenvalue weighted by molar-refractivity contribution is -0.364. The Kier molecular flexibility index (Phi) is 9.85. The third-order valence-electron chi connectivity index (χ3n) is 9.08. The van der Waals surface area contributed by atoms with Crippen molar-refractivity contribution >= 4 is 0 Å². The van der Waals surface area contributed by atoms with Crippen LogP contribution in [0, 0.1) is 5.92 Å². The van der Waals surface area contributed by atoms with Crippen molar-refractivity contribution in [1.82, 2.24) is 0 Å². The van der Waals surface area contributed by atoms with E-state index in [9.17, 15) is 25.5 Å². The van der Waals surface area contributed by atoms with Crippen molar-refractivity contribution < 1.29 is 58.7 Å². The largest absolute Gasteiger partial charge is 0.394 e. The van der Waals surface area contributed by atoms with Gasteiger partial charge in [0.1, 0.15) is 48.3 Å². The minimum Gasteiger partial charge on any atom is -0.394 e. The van der Waals surface area contributed by atoms with Crippen LogP contribution >= 0.6 is 0 Å². The molecule has 1 saturated carbocycles. The molecule has 13 atom stereocenters. The first-order valence-electron chi connectivity index (χ1n) is 14.6. The predicted molar refractivity (Wildman–Crippen MR) is 134 cm³/mol. The van der Waals surface area contributed by atoms with Gasteiger partial charge in [0, 0.05) is 6.61 Å². The number of rotatable bonds is 6. The van der Waals surface area contributed by atoms with E-state index in [1.807, 2.05) is 0 Å². The maximum absolute atomic E-state index is 11.1. The Morgan fingerprint density at radius 1 is 0.846 bits per heavy atom. The molecule has 0 amide bonds. The molecule has 5 aliphatic rings. The van der Waals surface area contributed by atoms with Crippen molar-refractivity contribution in [3.63, 3.8) is 0 Å². The van der Waals surface area contributed by atoms with E-state index in [4.69, 9.17) is 33.2 Å². The molecule has 1 spiro atoms. The van der Waals surface area contributed by atoms with Crippen molar-refractivity contribution in [2.45, 2.75) is 138 Å². The fourth-order valence-electron chi connectivity index (χ4n) is 6.57. The van der Waals surface area contributed by atoms with Crippen LogP contribution in [0.15, 0.2) is 0 Å². The second-order valence-electron chi connectivity index (χ2n) is 11.8. The molecule has 1 aliphatic carbocycles.